The lowest BCUT2D eigenvalue weighted by molar-refractivity contribution is -0.136. The number of halogens is 1. The summed E-state index contributed by atoms with van der Waals surface area (Å²) in [6.45, 7) is 8.93. The number of ether oxygens (including phenoxy) is 6. The van der Waals surface area contributed by atoms with E-state index in [9.17, 15) is 14.4 Å². The van der Waals surface area contributed by atoms with Crippen molar-refractivity contribution in [2.45, 2.75) is 20.3 Å². The van der Waals surface area contributed by atoms with Gasteiger partial charge < -0.3 is 39.5 Å². The highest BCUT2D eigenvalue weighted by Gasteiger charge is 2.24. The third-order valence-electron chi connectivity index (χ3n) is 4.16. The monoisotopic (exact) mass is 555 g/mol. The normalized spacial score (nSPS) is 11.4. The molecule has 0 fully saturated rings. The van der Waals surface area contributed by atoms with Crippen LogP contribution in [0, 0.1) is 12.0 Å². The first kappa shape index (κ1) is 33.0. The molecule has 12 heteroatoms. The Morgan fingerprint density at radius 3 is 1.47 bits per heavy atom. The standard InChI is InChI=1S/C22H40BrN2O9/c1-18(2)21(24)22(28)19(26)3-5-29-7-9-31-11-13-33-15-16-34-14-12-32-10-8-30-6-4-25-20(27)17-23/h18H,3-17,24H2,1-2H3,(H,25,27). The lowest BCUT2D eigenvalue weighted by Crippen LogP contribution is -2.32. The Morgan fingerprint density at radius 1 is 0.706 bits per heavy atom. The van der Waals surface area contributed by atoms with Crippen LogP contribution in [-0.4, -0.2) is 109 Å². The summed E-state index contributed by atoms with van der Waals surface area (Å²) in [6.07, 6.45) is 0.00683. The summed E-state index contributed by atoms with van der Waals surface area (Å²) in [5.74, 6) is -1.38. The van der Waals surface area contributed by atoms with Gasteiger partial charge in [0.25, 0.3) is 0 Å². The van der Waals surface area contributed by atoms with E-state index in [2.05, 4.69) is 21.2 Å². The first-order valence-electron chi connectivity index (χ1n) is 11.4. The van der Waals surface area contributed by atoms with E-state index in [-0.39, 0.29) is 36.2 Å². The molecule has 0 heterocycles. The van der Waals surface area contributed by atoms with Gasteiger partial charge in [0.05, 0.1) is 84.6 Å². The summed E-state index contributed by atoms with van der Waals surface area (Å²) in [5.41, 5.74) is 5.60. The van der Waals surface area contributed by atoms with Crippen molar-refractivity contribution in [3.05, 3.63) is 6.04 Å². The quantitative estimate of drug-likeness (QED) is 0.0914. The molecule has 0 atom stereocenters. The summed E-state index contributed by atoms with van der Waals surface area (Å²) in [5, 5.41) is 2.97. The van der Waals surface area contributed by atoms with Gasteiger partial charge in [-0.1, -0.05) is 29.8 Å². The Labute approximate surface area is 210 Å². The molecule has 0 unspecified atom stereocenters. The van der Waals surface area contributed by atoms with E-state index in [1.165, 1.54) is 0 Å². The lowest BCUT2D eigenvalue weighted by atomic mass is 9.97. The van der Waals surface area contributed by atoms with Gasteiger partial charge in [-0.3, -0.25) is 14.4 Å². The molecule has 1 radical (unpaired) electrons. The molecule has 0 saturated carbocycles. The summed E-state index contributed by atoms with van der Waals surface area (Å²) < 4.78 is 32.1. The van der Waals surface area contributed by atoms with Crippen LogP contribution in [0.3, 0.4) is 0 Å². The Hall–Kier alpha value is -0.990. The number of Topliss-reactive ketones (excluding diaryl/α,β-unsaturated/α-hetero) is 2. The van der Waals surface area contributed by atoms with Crippen LogP contribution >= 0.6 is 15.9 Å². The number of rotatable bonds is 25. The van der Waals surface area contributed by atoms with Gasteiger partial charge in [-0.2, -0.15) is 0 Å². The second-order valence-electron chi connectivity index (χ2n) is 7.27. The van der Waals surface area contributed by atoms with Gasteiger partial charge in [-0.05, 0) is 5.92 Å². The third kappa shape index (κ3) is 20.4. The van der Waals surface area contributed by atoms with Crippen LogP contribution in [-0.2, 0) is 42.8 Å². The van der Waals surface area contributed by atoms with Gasteiger partial charge in [0, 0.05) is 13.0 Å². The van der Waals surface area contributed by atoms with E-state index in [0.29, 0.717) is 79.2 Å². The number of hydrogen-bond donors (Lipinski definition) is 2. The molecule has 0 rings (SSSR count). The predicted octanol–water partition coefficient (Wildman–Crippen LogP) is 0.272. The predicted molar refractivity (Wildman–Crippen MR) is 129 cm³/mol. The van der Waals surface area contributed by atoms with Crippen LogP contribution in [0.4, 0.5) is 0 Å². The largest absolute Gasteiger partial charge is 0.379 e. The second-order valence-corrected chi connectivity index (χ2v) is 7.83. The number of alkyl halides is 1. The van der Waals surface area contributed by atoms with E-state index in [0.717, 1.165) is 0 Å². The zero-order valence-corrected chi connectivity index (χ0v) is 21.9. The fourth-order valence-corrected chi connectivity index (χ4v) is 2.41. The molecule has 0 aliphatic rings. The Bertz CT molecular complexity index is 539. The van der Waals surface area contributed by atoms with E-state index in [4.69, 9.17) is 34.2 Å². The van der Waals surface area contributed by atoms with Gasteiger partial charge in [0.2, 0.25) is 17.5 Å². The molecule has 0 bridgehead atoms. The van der Waals surface area contributed by atoms with Crippen molar-refractivity contribution in [3.63, 3.8) is 0 Å². The second kappa shape index (κ2) is 23.7. The smallest absolute Gasteiger partial charge is 0.230 e. The van der Waals surface area contributed by atoms with Crippen molar-refractivity contribution >= 4 is 33.4 Å². The molecule has 0 aliphatic heterocycles. The van der Waals surface area contributed by atoms with Crippen molar-refractivity contribution in [1.29, 1.82) is 0 Å². The molecule has 34 heavy (non-hydrogen) atoms. The minimum Gasteiger partial charge on any atom is -0.379 e. The van der Waals surface area contributed by atoms with Crippen LogP contribution in [0.15, 0.2) is 0 Å². The van der Waals surface area contributed by atoms with Gasteiger partial charge in [-0.15, -0.1) is 0 Å². The molecule has 0 aromatic carbocycles. The highest BCUT2D eigenvalue weighted by atomic mass is 79.9. The molecule has 199 valence electrons. The zero-order valence-electron chi connectivity index (χ0n) is 20.3. The lowest BCUT2D eigenvalue weighted by Gasteiger charge is -2.12. The first-order chi connectivity index (χ1) is 16.4. The number of nitrogens with two attached hydrogens (primary N) is 1. The highest BCUT2D eigenvalue weighted by molar-refractivity contribution is 9.09. The fraction of sp³-hybridized carbons (Fsp3) is 0.818. The Kier molecular flexibility index (Phi) is 23.0. The first-order valence-corrected chi connectivity index (χ1v) is 12.5. The molecule has 0 aliphatic carbocycles. The molecule has 0 saturated heterocycles. The molecule has 0 spiro atoms. The summed E-state index contributed by atoms with van der Waals surface area (Å²) in [6, 6.07) is 0.0826. The Morgan fingerprint density at radius 2 is 1.09 bits per heavy atom. The number of amides is 1. The number of carbonyl (C=O) groups excluding carboxylic acids is 3. The minimum atomic E-state index is -0.626. The van der Waals surface area contributed by atoms with Gasteiger partial charge in [0.15, 0.2) is 0 Å². The summed E-state index contributed by atoms with van der Waals surface area (Å²) in [4.78, 5) is 34.4. The molecule has 11 nitrogen and oxygen atoms in total. The van der Waals surface area contributed by atoms with E-state index in [1.807, 2.05) is 0 Å². The maximum absolute atomic E-state index is 11.7. The van der Waals surface area contributed by atoms with Gasteiger partial charge in [0.1, 0.15) is 6.04 Å². The van der Waals surface area contributed by atoms with Crippen molar-refractivity contribution in [1.82, 2.24) is 5.32 Å². The average molecular weight is 556 g/mol. The minimum absolute atomic E-state index is 0.00683. The number of carbonyl (C=O) groups is 3. The molecule has 0 aromatic heterocycles. The van der Waals surface area contributed by atoms with Crippen LogP contribution in [0.1, 0.15) is 20.3 Å². The topological polar surface area (TPSA) is 145 Å². The van der Waals surface area contributed by atoms with Crippen molar-refractivity contribution in [2.24, 2.45) is 11.7 Å². The van der Waals surface area contributed by atoms with Crippen LogP contribution in [0.5, 0.6) is 0 Å². The fourth-order valence-electron chi connectivity index (χ4n) is 2.21. The maximum atomic E-state index is 11.7. The molecular formula is C22H40BrN2O9. The van der Waals surface area contributed by atoms with Crippen molar-refractivity contribution < 1.29 is 42.8 Å². The van der Waals surface area contributed by atoms with E-state index >= 15 is 0 Å². The molecule has 1 amide bonds. The number of nitrogens with one attached hydrogen (secondary N) is 1. The van der Waals surface area contributed by atoms with Crippen LogP contribution in [0.25, 0.3) is 0 Å². The summed E-state index contributed by atoms with van der Waals surface area (Å²) in [7, 11) is 0. The number of ketones is 2. The molecule has 3 N–H and O–H groups in total. The zero-order chi connectivity index (χ0) is 25.4. The van der Waals surface area contributed by atoms with E-state index in [1.54, 1.807) is 13.8 Å². The SMILES string of the molecule is CC(C)[C](N)C(=O)C(=O)CCOCCOCCOCCOCCOCCOCCNC(=O)CBr. The highest BCUT2D eigenvalue weighted by Crippen LogP contribution is 2.08. The summed E-state index contributed by atoms with van der Waals surface area (Å²) >= 11 is 3.06. The maximum Gasteiger partial charge on any atom is 0.230 e. The molecular weight excluding hydrogens is 516 g/mol. The number of hydrogen-bond acceptors (Lipinski definition) is 10. The van der Waals surface area contributed by atoms with Crippen molar-refractivity contribution in [3.8, 4) is 0 Å². The Balaban J connectivity index is 3.24. The van der Waals surface area contributed by atoms with Gasteiger partial charge in [-0.25, -0.2) is 0 Å². The third-order valence-corrected chi connectivity index (χ3v) is 4.67. The average Bonchev–Trinajstić information content (AvgIpc) is 2.83. The van der Waals surface area contributed by atoms with E-state index < -0.39 is 11.6 Å². The van der Waals surface area contributed by atoms with Crippen LogP contribution < -0.4 is 11.1 Å². The van der Waals surface area contributed by atoms with Crippen molar-refractivity contribution in [2.75, 3.05) is 91.2 Å². The van der Waals surface area contributed by atoms with Crippen LogP contribution in [0.2, 0.25) is 0 Å². The van der Waals surface area contributed by atoms with Gasteiger partial charge >= 0.3 is 0 Å². The molecule has 0 aromatic rings.